The minimum atomic E-state index is 0.568. The van der Waals surface area contributed by atoms with E-state index in [9.17, 15) is 0 Å². The molecular weight excluding hydrogens is 224 g/mol. The van der Waals surface area contributed by atoms with Crippen molar-refractivity contribution in [1.82, 2.24) is 29.7 Å². The van der Waals surface area contributed by atoms with Crippen molar-refractivity contribution in [3.63, 3.8) is 0 Å². The highest BCUT2D eigenvalue weighted by Gasteiger charge is 2.08. The lowest BCUT2D eigenvalue weighted by Crippen LogP contribution is -1.94. The molecular formula is C9H8N6S. The van der Waals surface area contributed by atoms with Crippen LogP contribution in [0.15, 0.2) is 18.5 Å². The molecule has 0 aromatic carbocycles. The monoisotopic (exact) mass is 232 g/mol. The summed E-state index contributed by atoms with van der Waals surface area (Å²) in [6.45, 7) is 0. The lowest BCUT2D eigenvalue weighted by molar-refractivity contribution is 0.898. The van der Waals surface area contributed by atoms with E-state index in [0.717, 1.165) is 11.2 Å². The van der Waals surface area contributed by atoms with Gasteiger partial charge in [-0.25, -0.2) is 9.97 Å². The largest absolute Gasteiger partial charge is 0.343 e. The van der Waals surface area contributed by atoms with Crippen molar-refractivity contribution in [2.45, 2.75) is 0 Å². The highest BCUT2D eigenvalue weighted by Crippen LogP contribution is 2.16. The van der Waals surface area contributed by atoms with E-state index < -0.39 is 0 Å². The van der Waals surface area contributed by atoms with Crippen molar-refractivity contribution >= 4 is 23.4 Å². The molecule has 3 aromatic rings. The molecule has 0 bridgehead atoms. The number of hydrogen-bond donors (Lipinski definition) is 2. The minimum Gasteiger partial charge on any atom is -0.343 e. The summed E-state index contributed by atoms with van der Waals surface area (Å²) in [5.74, 6) is 0.704. The fourth-order valence-corrected chi connectivity index (χ4v) is 1.66. The zero-order valence-electron chi connectivity index (χ0n) is 8.43. The van der Waals surface area contributed by atoms with Gasteiger partial charge in [-0.1, -0.05) is 0 Å². The van der Waals surface area contributed by atoms with Crippen LogP contribution in [-0.2, 0) is 7.05 Å². The van der Waals surface area contributed by atoms with E-state index >= 15 is 0 Å². The molecule has 0 unspecified atom stereocenters. The quantitative estimate of drug-likeness (QED) is 0.622. The second-order valence-corrected chi connectivity index (χ2v) is 3.77. The third-order valence-corrected chi connectivity index (χ3v) is 2.76. The maximum Gasteiger partial charge on any atom is 0.195 e. The zero-order valence-corrected chi connectivity index (χ0v) is 9.25. The lowest BCUT2D eigenvalue weighted by Gasteiger charge is -1.98. The molecule has 0 fully saturated rings. The van der Waals surface area contributed by atoms with Gasteiger partial charge in [0.25, 0.3) is 0 Å². The Labute approximate surface area is 95.4 Å². The maximum absolute atomic E-state index is 5.05. The van der Waals surface area contributed by atoms with E-state index in [1.807, 2.05) is 19.2 Å². The van der Waals surface area contributed by atoms with Gasteiger partial charge >= 0.3 is 0 Å². The molecule has 6 nitrogen and oxygen atoms in total. The first kappa shape index (κ1) is 9.22. The van der Waals surface area contributed by atoms with Crippen LogP contribution in [0.2, 0.25) is 0 Å². The highest BCUT2D eigenvalue weighted by molar-refractivity contribution is 7.71. The third kappa shape index (κ3) is 1.25. The van der Waals surface area contributed by atoms with Crippen molar-refractivity contribution in [2.75, 3.05) is 0 Å². The Bertz CT molecular complexity index is 706. The number of nitrogens with one attached hydrogen (secondary N) is 2. The second-order valence-electron chi connectivity index (χ2n) is 3.38. The highest BCUT2D eigenvalue weighted by atomic mass is 32.1. The van der Waals surface area contributed by atoms with Gasteiger partial charge in [0.15, 0.2) is 16.2 Å². The predicted octanol–water partition coefficient (Wildman–Crippen LogP) is 1.42. The molecule has 0 spiro atoms. The second kappa shape index (κ2) is 3.24. The molecule has 7 heteroatoms. The van der Waals surface area contributed by atoms with Gasteiger partial charge in [0.1, 0.15) is 5.69 Å². The van der Waals surface area contributed by atoms with Gasteiger partial charge in [-0.2, -0.15) is 5.10 Å². The smallest absolute Gasteiger partial charge is 0.195 e. The Hall–Kier alpha value is -2.02. The summed E-state index contributed by atoms with van der Waals surface area (Å²) >= 11 is 5.05. The number of hydrogen-bond acceptors (Lipinski definition) is 4. The molecule has 3 rings (SSSR count). The van der Waals surface area contributed by atoms with Gasteiger partial charge in [-0.05, 0) is 24.4 Å². The Morgan fingerprint density at radius 1 is 1.38 bits per heavy atom. The Kier molecular flexibility index (Phi) is 1.87. The van der Waals surface area contributed by atoms with Crippen LogP contribution in [0.25, 0.3) is 22.7 Å². The van der Waals surface area contributed by atoms with Crippen molar-refractivity contribution in [2.24, 2.45) is 7.05 Å². The number of nitrogens with zero attached hydrogens (tertiary/aromatic N) is 4. The molecule has 0 amide bonds. The average molecular weight is 232 g/mol. The average Bonchev–Trinajstić information content (AvgIpc) is 2.86. The van der Waals surface area contributed by atoms with Crippen molar-refractivity contribution in [1.29, 1.82) is 0 Å². The summed E-state index contributed by atoms with van der Waals surface area (Å²) < 4.78 is 2.34. The van der Waals surface area contributed by atoms with Crippen LogP contribution in [0.1, 0.15) is 0 Å². The molecule has 0 atom stereocenters. The Balaban J connectivity index is 2.25. The van der Waals surface area contributed by atoms with Gasteiger partial charge in [0.05, 0.1) is 11.8 Å². The summed E-state index contributed by atoms with van der Waals surface area (Å²) in [5.41, 5.74) is 2.32. The van der Waals surface area contributed by atoms with Crippen LogP contribution in [-0.4, -0.2) is 29.7 Å². The number of pyridine rings is 1. The first-order valence-corrected chi connectivity index (χ1v) is 5.08. The number of aromatic amines is 2. The first-order chi connectivity index (χ1) is 7.75. The summed E-state index contributed by atoms with van der Waals surface area (Å²) in [6, 6.07) is 3.80. The Morgan fingerprint density at radius 2 is 2.25 bits per heavy atom. The number of H-pyrrole nitrogens is 2. The molecule has 0 radical (unpaired) electrons. The van der Waals surface area contributed by atoms with Crippen molar-refractivity contribution in [3.05, 3.63) is 23.2 Å². The molecule has 2 N–H and O–H groups in total. The van der Waals surface area contributed by atoms with Crippen LogP contribution >= 0.6 is 12.2 Å². The molecule has 16 heavy (non-hydrogen) atoms. The topological polar surface area (TPSA) is 75.2 Å². The zero-order chi connectivity index (χ0) is 11.1. The number of rotatable bonds is 1. The predicted molar refractivity (Wildman–Crippen MR) is 61.3 cm³/mol. The van der Waals surface area contributed by atoms with Crippen LogP contribution in [0.5, 0.6) is 0 Å². The minimum absolute atomic E-state index is 0.568. The lowest BCUT2D eigenvalue weighted by atomic mass is 10.3. The van der Waals surface area contributed by atoms with E-state index in [1.165, 1.54) is 0 Å². The molecule has 0 saturated carbocycles. The van der Waals surface area contributed by atoms with Gasteiger partial charge < -0.3 is 9.55 Å². The van der Waals surface area contributed by atoms with E-state index in [-0.39, 0.29) is 0 Å². The standard InChI is InChI=1S/C9H8N6S/c1-15-8(13-14-9(15)16)6-3-2-5-7(12-6)11-4-10-5/h2-4H,1H3,(H,14,16)(H,10,11,12). The number of aromatic nitrogens is 6. The Morgan fingerprint density at radius 3 is 3.00 bits per heavy atom. The van der Waals surface area contributed by atoms with E-state index in [0.29, 0.717) is 16.2 Å². The van der Waals surface area contributed by atoms with Crippen LogP contribution in [0.3, 0.4) is 0 Å². The molecule has 0 aliphatic rings. The maximum atomic E-state index is 5.05. The molecule has 80 valence electrons. The molecule has 0 saturated heterocycles. The number of fused-ring (bicyclic) bond motifs is 1. The van der Waals surface area contributed by atoms with Gasteiger partial charge in [-0.15, -0.1) is 0 Å². The molecule has 3 aromatic heterocycles. The summed E-state index contributed by atoms with van der Waals surface area (Å²) in [6.07, 6.45) is 1.62. The third-order valence-electron chi connectivity index (χ3n) is 2.39. The summed E-state index contributed by atoms with van der Waals surface area (Å²) in [5, 5.41) is 6.85. The SMILES string of the molecule is Cn1c(-c2ccc3[nH]cnc3n2)n[nH]c1=S. The fraction of sp³-hybridized carbons (Fsp3) is 0.111. The van der Waals surface area contributed by atoms with Gasteiger partial charge in [0, 0.05) is 7.05 Å². The van der Waals surface area contributed by atoms with Gasteiger partial charge in [0.2, 0.25) is 0 Å². The van der Waals surface area contributed by atoms with Crippen LogP contribution < -0.4 is 0 Å². The fourth-order valence-electron chi connectivity index (χ4n) is 1.52. The van der Waals surface area contributed by atoms with Crippen LogP contribution in [0.4, 0.5) is 0 Å². The van der Waals surface area contributed by atoms with E-state index in [2.05, 4.69) is 25.1 Å². The van der Waals surface area contributed by atoms with Gasteiger partial charge in [-0.3, -0.25) is 5.10 Å². The first-order valence-electron chi connectivity index (χ1n) is 4.67. The van der Waals surface area contributed by atoms with E-state index in [4.69, 9.17) is 12.2 Å². The summed E-state index contributed by atoms with van der Waals surface area (Å²) in [4.78, 5) is 11.5. The van der Waals surface area contributed by atoms with Crippen molar-refractivity contribution in [3.8, 4) is 11.5 Å². The number of imidazole rings is 1. The molecule has 0 aliphatic carbocycles. The van der Waals surface area contributed by atoms with Crippen LogP contribution in [0, 0.1) is 4.77 Å². The normalized spacial score (nSPS) is 11.1. The summed E-state index contributed by atoms with van der Waals surface area (Å²) in [7, 11) is 1.84. The molecule has 0 aliphatic heterocycles. The molecule has 3 heterocycles. The van der Waals surface area contributed by atoms with E-state index in [1.54, 1.807) is 10.9 Å². The van der Waals surface area contributed by atoms with Crippen molar-refractivity contribution < 1.29 is 0 Å².